The largest absolute Gasteiger partial charge is 0.480 e. The highest BCUT2D eigenvalue weighted by molar-refractivity contribution is 5.69. The first-order valence-corrected chi connectivity index (χ1v) is 5.28. The van der Waals surface area contributed by atoms with Gasteiger partial charge >= 0.3 is 5.97 Å². The van der Waals surface area contributed by atoms with Gasteiger partial charge in [0.05, 0.1) is 13.1 Å². The Balaban J connectivity index is 2.59. The molecule has 1 aromatic heterocycles. The molecule has 0 bridgehead atoms. The summed E-state index contributed by atoms with van der Waals surface area (Å²) < 4.78 is 0. The molecule has 0 saturated heterocycles. The van der Waals surface area contributed by atoms with Crippen LogP contribution in [0.3, 0.4) is 0 Å². The molecule has 88 valence electrons. The Bertz CT molecular complexity index is 327. The summed E-state index contributed by atoms with van der Waals surface area (Å²) in [7, 11) is 0. The van der Waals surface area contributed by atoms with Crippen molar-refractivity contribution in [3.63, 3.8) is 0 Å². The summed E-state index contributed by atoms with van der Waals surface area (Å²) in [5.41, 5.74) is 0. The van der Waals surface area contributed by atoms with E-state index in [1.54, 1.807) is 18.5 Å². The van der Waals surface area contributed by atoms with Crippen LogP contribution in [-0.4, -0.2) is 39.0 Å². The summed E-state index contributed by atoms with van der Waals surface area (Å²) in [6.07, 6.45) is 3.33. The smallest absolute Gasteiger partial charge is 0.317 e. The zero-order valence-corrected chi connectivity index (χ0v) is 9.63. The molecule has 0 aliphatic rings. The van der Waals surface area contributed by atoms with Crippen molar-refractivity contribution >= 4 is 5.97 Å². The first-order valence-electron chi connectivity index (χ1n) is 5.28. The molecule has 0 spiro atoms. The highest BCUT2D eigenvalue weighted by Gasteiger charge is 2.12. The Kier molecular flexibility index (Phi) is 4.85. The van der Waals surface area contributed by atoms with Gasteiger partial charge in [-0.3, -0.25) is 9.69 Å². The number of nitrogens with zero attached hydrogens (tertiary/aromatic N) is 3. The second-order valence-electron chi connectivity index (χ2n) is 4.12. The molecule has 0 aliphatic carbocycles. The average Bonchev–Trinajstić information content (AvgIpc) is 2.16. The molecular weight excluding hydrogens is 206 g/mol. The SMILES string of the molecule is CC(C)CN(CC(=O)O)Cc1ncccn1. The highest BCUT2D eigenvalue weighted by Crippen LogP contribution is 2.02. The number of carboxylic acid groups (broad SMARTS) is 1. The maximum absolute atomic E-state index is 10.7. The predicted octanol–water partition coefficient (Wildman–Crippen LogP) is 1.02. The molecule has 1 aromatic rings. The molecule has 0 saturated carbocycles. The highest BCUT2D eigenvalue weighted by atomic mass is 16.4. The Labute approximate surface area is 95.1 Å². The minimum absolute atomic E-state index is 0.0242. The van der Waals surface area contributed by atoms with Crippen LogP contribution in [-0.2, 0) is 11.3 Å². The van der Waals surface area contributed by atoms with Crippen molar-refractivity contribution in [2.24, 2.45) is 5.92 Å². The van der Waals surface area contributed by atoms with Crippen molar-refractivity contribution in [1.29, 1.82) is 0 Å². The van der Waals surface area contributed by atoms with Crippen molar-refractivity contribution in [2.75, 3.05) is 13.1 Å². The standard InChI is InChI=1S/C11H17N3O2/c1-9(2)6-14(8-11(15)16)7-10-12-4-3-5-13-10/h3-5,9H,6-8H2,1-2H3,(H,15,16). The van der Waals surface area contributed by atoms with Crippen LogP contribution in [0.5, 0.6) is 0 Å². The van der Waals surface area contributed by atoms with E-state index >= 15 is 0 Å². The van der Waals surface area contributed by atoms with Crippen LogP contribution in [0.15, 0.2) is 18.5 Å². The second-order valence-corrected chi connectivity index (χ2v) is 4.12. The molecule has 16 heavy (non-hydrogen) atoms. The number of rotatable bonds is 6. The van der Waals surface area contributed by atoms with Gasteiger partial charge < -0.3 is 5.11 Å². The summed E-state index contributed by atoms with van der Waals surface area (Å²) in [6, 6.07) is 1.74. The van der Waals surface area contributed by atoms with Crippen LogP contribution in [0.25, 0.3) is 0 Å². The van der Waals surface area contributed by atoms with Gasteiger partial charge in [0.15, 0.2) is 0 Å². The van der Waals surface area contributed by atoms with Gasteiger partial charge in [-0.15, -0.1) is 0 Å². The van der Waals surface area contributed by atoms with E-state index in [0.29, 0.717) is 18.3 Å². The third-order valence-corrected chi connectivity index (χ3v) is 1.97. The van der Waals surface area contributed by atoms with Gasteiger partial charge in [0, 0.05) is 18.9 Å². The average molecular weight is 223 g/mol. The summed E-state index contributed by atoms with van der Waals surface area (Å²) in [6.45, 7) is 5.34. The molecule has 5 heteroatoms. The summed E-state index contributed by atoms with van der Waals surface area (Å²) in [4.78, 5) is 20.7. The Morgan fingerprint density at radius 3 is 2.56 bits per heavy atom. The minimum atomic E-state index is -0.823. The molecule has 5 nitrogen and oxygen atoms in total. The van der Waals surface area contributed by atoms with E-state index in [4.69, 9.17) is 5.11 Å². The van der Waals surface area contributed by atoms with Gasteiger partial charge in [-0.1, -0.05) is 13.8 Å². The zero-order valence-electron chi connectivity index (χ0n) is 9.63. The first kappa shape index (κ1) is 12.6. The molecule has 0 fully saturated rings. The van der Waals surface area contributed by atoms with E-state index in [2.05, 4.69) is 23.8 Å². The first-order chi connectivity index (χ1) is 7.58. The van der Waals surface area contributed by atoms with Crippen molar-refractivity contribution in [3.8, 4) is 0 Å². The van der Waals surface area contributed by atoms with Gasteiger partial charge in [0.2, 0.25) is 0 Å². The number of hydrogen-bond acceptors (Lipinski definition) is 4. The van der Waals surface area contributed by atoms with Gasteiger partial charge in [0.1, 0.15) is 5.82 Å². The van der Waals surface area contributed by atoms with Crippen LogP contribution in [0.1, 0.15) is 19.7 Å². The van der Waals surface area contributed by atoms with Gasteiger partial charge in [-0.05, 0) is 12.0 Å². The fraction of sp³-hybridized carbons (Fsp3) is 0.545. The van der Waals surface area contributed by atoms with Crippen LogP contribution >= 0.6 is 0 Å². The lowest BCUT2D eigenvalue weighted by atomic mass is 10.2. The number of carboxylic acids is 1. The zero-order chi connectivity index (χ0) is 12.0. The van der Waals surface area contributed by atoms with Gasteiger partial charge in [0.25, 0.3) is 0 Å². The quantitative estimate of drug-likeness (QED) is 0.780. The Hall–Kier alpha value is -1.49. The van der Waals surface area contributed by atoms with Crippen molar-refractivity contribution in [3.05, 3.63) is 24.3 Å². The molecule has 0 aromatic carbocycles. The molecular formula is C11H17N3O2. The fourth-order valence-electron chi connectivity index (χ4n) is 1.50. The summed E-state index contributed by atoms with van der Waals surface area (Å²) in [5.74, 6) is 0.254. The van der Waals surface area contributed by atoms with Crippen LogP contribution in [0, 0.1) is 5.92 Å². The molecule has 0 amide bonds. The Morgan fingerprint density at radius 2 is 2.06 bits per heavy atom. The van der Waals surface area contributed by atoms with Gasteiger partial charge in [-0.25, -0.2) is 9.97 Å². The third kappa shape index (κ3) is 4.84. The lowest BCUT2D eigenvalue weighted by molar-refractivity contribution is -0.138. The number of carbonyl (C=O) groups is 1. The maximum Gasteiger partial charge on any atom is 0.317 e. The van der Waals surface area contributed by atoms with E-state index in [1.807, 2.05) is 4.90 Å². The normalized spacial score (nSPS) is 11.0. The maximum atomic E-state index is 10.7. The van der Waals surface area contributed by atoms with Crippen molar-refractivity contribution < 1.29 is 9.90 Å². The predicted molar refractivity (Wildman–Crippen MR) is 59.8 cm³/mol. The number of aliphatic carboxylic acids is 1. The second kappa shape index (κ2) is 6.17. The molecule has 0 radical (unpaired) electrons. The van der Waals surface area contributed by atoms with Crippen LogP contribution < -0.4 is 0 Å². The molecule has 1 rings (SSSR count). The summed E-state index contributed by atoms with van der Waals surface area (Å²) in [5, 5.41) is 8.79. The number of hydrogen-bond donors (Lipinski definition) is 1. The van der Waals surface area contributed by atoms with E-state index in [9.17, 15) is 4.79 Å². The van der Waals surface area contributed by atoms with Gasteiger partial charge in [-0.2, -0.15) is 0 Å². The lowest BCUT2D eigenvalue weighted by Gasteiger charge is -2.21. The summed E-state index contributed by atoms with van der Waals surface area (Å²) >= 11 is 0. The van der Waals surface area contributed by atoms with Crippen LogP contribution in [0.2, 0.25) is 0 Å². The Morgan fingerprint density at radius 1 is 1.44 bits per heavy atom. The molecule has 1 N–H and O–H groups in total. The molecule has 0 aliphatic heterocycles. The monoisotopic (exact) mass is 223 g/mol. The minimum Gasteiger partial charge on any atom is -0.480 e. The lowest BCUT2D eigenvalue weighted by Crippen LogP contribution is -2.33. The van der Waals surface area contributed by atoms with E-state index in [0.717, 1.165) is 6.54 Å². The van der Waals surface area contributed by atoms with Crippen LogP contribution in [0.4, 0.5) is 0 Å². The van der Waals surface area contributed by atoms with Crippen molar-refractivity contribution in [2.45, 2.75) is 20.4 Å². The molecule has 0 atom stereocenters. The molecule has 0 unspecified atom stereocenters. The van der Waals surface area contributed by atoms with E-state index < -0.39 is 5.97 Å². The van der Waals surface area contributed by atoms with E-state index in [1.165, 1.54) is 0 Å². The van der Waals surface area contributed by atoms with Crippen molar-refractivity contribution in [1.82, 2.24) is 14.9 Å². The fourth-order valence-corrected chi connectivity index (χ4v) is 1.50. The topological polar surface area (TPSA) is 66.3 Å². The molecule has 1 heterocycles. The number of aromatic nitrogens is 2. The van der Waals surface area contributed by atoms with E-state index in [-0.39, 0.29) is 6.54 Å². The third-order valence-electron chi connectivity index (χ3n) is 1.97.